The fraction of sp³-hybridized carbons (Fsp3) is 0.364. The van der Waals surface area contributed by atoms with Gasteiger partial charge in [0.15, 0.2) is 0 Å². The Bertz CT molecular complexity index is 403. The van der Waals surface area contributed by atoms with Crippen LogP contribution in [-0.4, -0.2) is 18.5 Å². The maximum Gasteiger partial charge on any atom is 0.241 e. The molecule has 1 amide bonds. The Hall–Kier alpha value is -1.49. The van der Waals surface area contributed by atoms with Crippen LogP contribution < -0.4 is 10.6 Å². The summed E-state index contributed by atoms with van der Waals surface area (Å²) in [4.78, 5) is 11.6. The van der Waals surface area contributed by atoms with E-state index < -0.39 is 11.6 Å². The van der Waals surface area contributed by atoms with Crippen molar-refractivity contribution in [3.8, 4) is 0 Å². The monoisotopic (exact) mass is 226 g/mol. The molecule has 1 aromatic carbocycles. The molecule has 0 unspecified atom stereocenters. The summed E-state index contributed by atoms with van der Waals surface area (Å²) in [6, 6.07) is 2.81. The summed E-state index contributed by atoms with van der Waals surface area (Å²) in [5, 5.41) is 5.44. The molecule has 0 spiro atoms. The van der Waals surface area contributed by atoms with Gasteiger partial charge in [0, 0.05) is 6.07 Å². The normalized spacial score (nSPS) is 19.8. The first-order valence-corrected chi connectivity index (χ1v) is 5.16. The molecule has 0 bridgehead atoms. The van der Waals surface area contributed by atoms with Gasteiger partial charge in [0.1, 0.15) is 11.6 Å². The van der Waals surface area contributed by atoms with E-state index in [1.54, 1.807) is 0 Å². The molecular formula is C11H12F2N2O. The number of nitrogens with one attached hydrogen (secondary N) is 2. The van der Waals surface area contributed by atoms with Crippen molar-refractivity contribution in [1.29, 1.82) is 0 Å². The Morgan fingerprint density at radius 1 is 1.44 bits per heavy atom. The van der Waals surface area contributed by atoms with Crippen molar-refractivity contribution < 1.29 is 13.6 Å². The van der Waals surface area contributed by atoms with Gasteiger partial charge in [-0.1, -0.05) is 0 Å². The van der Waals surface area contributed by atoms with Gasteiger partial charge in [0.05, 0.1) is 11.7 Å². The van der Waals surface area contributed by atoms with Crippen LogP contribution in [0.1, 0.15) is 12.8 Å². The number of anilines is 1. The number of amides is 1. The lowest BCUT2D eigenvalue weighted by atomic mass is 10.2. The number of rotatable bonds is 2. The minimum atomic E-state index is -0.758. The molecule has 3 nitrogen and oxygen atoms in total. The van der Waals surface area contributed by atoms with Gasteiger partial charge in [-0.05, 0) is 31.5 Å². The molecule has 1 saturated heterocycles. The third-order valence-electron chi connectivity index (χ3n) is 2.57. The summed E-state index contributed by atoms with van der Waals surface area (Å²) in [6.45, 7) is 0.796. The van der Waals surface area contributed by atoms with Gasteiger partial charge < -0.3 is 10.6 Å². The van der Waals surface area contributed by atoms with Gasteiger partial charge in [0.2, 0.25) is 5.91 Å². The van der Waals surface area contributed by atoms with Gasteiger partial charge in [-0.2, -0.15) is 0 Å². The maximum absolute atomic E-state index is 13.2. The molecule has 1 aliphatic heterocycles. The van der Waals surface area contributed by atoms with Crippen LogP contribution >= 0.6 is 0 Å². The van der Waals surface area contributed by atoms with Crippen LogP contribution in [0.3, 0.4) is 0 Å². The van der Waals surface area contributed by atoms with Crippen molar-refractivity contribution in [1.82, 2.24) is 5.32 Å². The SMILES string of the molecule is O=C(Nc1ccc(F)cc1F)[C@H]1CCCN1. The van der Waals surface area contributed by atoms with Gasteiger partial charge in [-0.15, -0.1) is 0 Å². The van der Waals surface area contributed by atoms with Gasteiger partial charge in [0.25, 0.3) is 0 Å². The molecule has 1 fully saturated rings. The van der Waals surface area contributed by atoms with E-state index in [0.29, 0.717) is 0 Å². The zero-order chi connectivity index (χ0) is 11.5. The number of carbonyl (C=O) groups is 1. The predicted octanol–water partition coefficient (Wildman–Crippen LogP) is 1.66. The Labute approximate surface area is 91.8 Å². The van der Waals surface area contributed by atoms with Crippen molar-refractivity contribution in [2.75, 3.05) is 11.9 Å². The number of hydrogen-bond donors (Lipinski definition) is 2. The van der Waals surface area contributed by atoms with Crippen LogP contribution in [0.25, 0.3) is 0 Å². The number of halogens is 2. The van der Waals surface area contributed by atoms with E-state index in [-0.39, 0.29) is 17.6 Å². The Kier molecular flexibility index (Phi) is 3.14. The highest BCUT2D eigenvalue weighted by Gasteiger charge is 2.22. The average molecular weight is 226 g/mol. The minimum Gasteiger partial charge on any atom is -0.322 e. The van der Waals surface area contributed by atoms with Crippen LogP contribution in [0.15, 0.2) is 18.2 Å². The molecule has 1 heterocycles. The van der Waals surface area contributed by atoms with E-state index in [2.05, 4.69) is 10.6 Å². The number of carbonyl (C=O) groups excluding carboxylic acids is 1. The van der Waals surface area contributed by atoms with Crippen LogP contribution in [0.5, 0.6) is 0 Å². The summed E-state index contributed by atoms with van der Waals surface area (Å²) < 4.78 is 25.8. The van der Waals surface area contributed by atoms with E-state index in [4.69, 9.17) is 0 Å². The second-order valence-corrected chi connectivity index (χ2v) is 3.76. The molecule has 0 radical (unpaired) electrons. The highest BCUT2D eigenvalue weighted by molar-refractivity contribution is 5.95. The summed E-state index contributed by atoms with van der Waals surface area (Å²) >= 11 is 0. The lowest BCUT2D eigenvalue weighted by Gasteiger charge is -2.11. The molecule has 5 heteroatoms. The first kappa shape index (κ1) is 11.0. The standard InChI is InChI=1S/C11H12F2N2O/c12-7-3-4-9(8(13)6-7)15-11(16)10-2-1-5-14-10/h3-4,6,10,14H,1-2,5H2,(H,15,16)/t10-/m1/s1. The largest absolute Gasteiger partial charge is 0.322 e. The summed E-state index contributed by atoms with van der Waals surface area (Å²) in [5.41, 5.74) is 0.0140. The molecule has 1 aromatic rings. The van der Waals surface area contributed by atoms with E-state index in [1.165, 1.54) is 6.07 Å². The summed E-state index contributed by atoms with van der Waals surface area (Å²) in [6.07, 6.45) is 1.68. The molecule has 0 saturated carbocycles. The third-order valence-corrected chi connectivity index (χ3v) is 2.57. The number of benzene rings is 1. The molecule has 0 aromatic heterocycles. The topological polar surface area (TPSA) is 41.1 Å². The van der Waals surface area contributed by atoms with E-state index in [0.717, 1.165) is 31.5 Å². The molecule has 2 N–H and O–H groups in total. The molecule has 16 heavy (non-hydrogen) atoms. The van der Waals surface area contributed by atoms with Crippen molar-refractivity contribution in [2.45, 2.75) is 18.9 Å². The smallest absolute Gasteiger partial charge is 0.241 e. The molecule has 1 atom stereocenters. The third kappa shape index (κ3) is 2.36. The minimum absolute atomic E-state index is 0.0140. The van der Waals surface area contributed by atoms with Crippen molar-refractivity contribution in [3.05, 3.63) is 29.8 Å². The Morgan fingerprint density at radius 3 is 2.88 bits per heavy atom. The van der Waals surface area contributed by atoms with Gasteiger partial charge in [-0.3, -0.25) is 4.79 Å². The summed E-state index contributed by atoms with van der Waals surface area (Å²) in [5.74, 6) is -1.69. The Balaban J connectivity index is 2.05. The van der Waals surface area contributed by atoms with Crippen LogP contribution in [0, 0.1) is 11.6 Å². The second kappa shape index (κ2) is 4.57. The van der Waals surface area contributed by atoms with Crippen molar-refractivity contribution >= 4 is 11.6 Å². The van der Waals surface area contributed by atoms with Crippen LogP contribution in [0.2, 0.25) is 0 Å². The molecule has 0 aliphatic carbocycles. The van der Waals surface area contributed by atoms with Crippen molar-refractivity contribution in [3.63, 3.8) is 0 Å². The molecule has 86 valence electrons. The van der Waals surface area contributed by atoms with Gasteiger partial charge >= 0.3 is 0 Å². The molecule has 1 aliphatic rings. The second-order valence-electron chi connectivity index (χ2n) is 3.76. The van der Waals surface area contributed by atoms with Crippen LogP contribution in [-0.2, 0) is 4.79 Å². The fourth-order valence-corrected chi connectivity index (χ4v) is 1.72. The molecular weight excluding hydrogens is 214 g/mol. The van der Waals surface area contributed by atoms with Crippen LogP contribution in [0.4, 0.5) is 14.5 Å². The first-order chi connectivity index (χ1) is 7.66. The quantitative estimate of drug-likeness (QED) is 0.805. The maximum atomic E-state index is 13.2. The zero-order valence-corrected chi connectivity index (χ0v) is 8.59. The lowest BCUT2D eigenvalue weighted by molar-refractivity contribution is -0.117. The van der Waals surface area contributed by atoms with E-state index in [1.807, 2.05) is 0 Å². The average Bonchev–Trinajstić information content (AvgIpc) is 2.75. The Morgan fingerprint density at radius 2 is 2.25 bits per heavy atom. The zero-order valence-electron chi connectivity index (χ0n) is 8.59. The van der Waals surface area contributed by atoms with E-state index >= 15 is 0 Å². The lowest BCUT2D eigenvalue weighted by Crippen LogP contribution is -2.35. The summed E-state index contributed by atoms with van der Waals surface area (Å²) in [7, 11) is 0. The number of hydrogen-bond acceptors (Lipinski definition) is 2. The first-order valence-electron chi connectivity index (χ1n) is 5.16. The van der Waals surface area contributed by atoms with Gasteiger partial charge in [-0.25, -0.2) is 8.78 Å². The molecule has 2 rings (SSSR count). The van der Waals surface area contributed by atoms with E-state index in [9.17, 15) is 13.6 Å². The fourth-order valence-electron chi connectivity index (χ4n) is 1.72. The highest BCUT2D eigenvalue weighted by Crippen LogP contribution is 2.16. The van der Waals surface area contributed by atoms with Crippen molar-refractivity contribution in [2.24, 2.45) is 0 Å². The highest BCUT2D eigenvalue weighted by atomic mass is 19.1. The predicted molar refractivity (Wildman–Crippen MR) is 56.0 cm³/mol.